The Morgan fingerprint density at radius 1 is 1.00 bits per heavy atom. The zero-order valence-corrected chi connectivity index (χ0v) is 18.9. The Morgan fingerprint density at radius 2 is 1.67 bits per heavy atom. The van der Waals surface area contributed by atoms with Crippen LogP contribution in [0.3, 0.4) is 0 Å². The van der Waals surface area contributed by atoms with Crippen LogP contribution in [0.15, 0.2) is 42.5 Å². The number of nitrogens with one attached hydrogen (secondary N) is 1. The first kappa shape index (κ1) is 21.9. The van der Waals surface area contributed by atoms with Crippen molar-refractivity contribution in [1.29, 1.82) is 0 Å². The van der Waals surface area contributed by atoms with Crippen LogP contribution in [0.2, 0.25) is 10.0 Å². The molecule has 33 heavy (non-hydrogen) atoms. The Morgan fingerprint density at radius 3 is 2.36 bits per heavy atom. The van der Waals surface area contributed by atoms with Crippen LogP contribution >= 0.6 is 23.2 Å². The van der Waals surface area contributed by atoms with Gasteiger partial charge in [0.05, 0.1) is 38.8 Å². The fourth-order valence-corrected chi connectivity index (χ4v) is 5.78. The maximum Gasteiger partial charge on any atom is 0.338 e. The molecule has 2 aliphatic carbocycles. The van der Waals surface area contributed by atoms with Crippen molar-refractivity contribution >= 4 is 58.3 Å². The third-order valence-corrected chi connectivity index (χ3v) is 7.65. The molecule has 5 rings (SSSR count). The van der Waals surface area contributed by atoms with Crippen LogP contribution in [0.4, 0.5) is 11.4 Å². The maximum atomic E-state index is 13.0. The second-order valence-electron chi connectivity index (χ2n) is 8.67. The van der Waals surface area contributed by atoms with Gasteiger partial charge in [-0.15, -0.1) is 0 Å². The summed E-state index contributed by atoms with van der Waals surface area (Å²) in [5, 5.41) is 3.00. The topological polar surface area (TPSA) is 92.8 Å². The molecule has 2 aromatic rings. The van der Waals surface area contributed by atoms with E-state index in [1.807, 2.05) is 0 Å². The molecule has 0 aromatic heterocycles. The van der Waals surface area contributed by atoms with Crippen LogP contribution in [0.25, 0.3) is 0 Å². The van der Waals surface area contributed by atoms with Crippen molar-refractivity contribution < 1.29 is 23.9 Å². The van der Waals surface area contributed by atoms with Gasteiger partial charge in [0.25, 0.3) is 5.91 Å². The van der Waals surface area contributed by atoms with Crippen molar-refractivity contribution in [1.82, 2.24) is 0 Å². The zero-order chi connectivity index (χ0) is 23.3. The Bertz CT molecular complexity index is 1160. The minimum Gasteiger partial charge on any atom is -0.452 e. The van der Waals surface area contributed by atoms with Crippen LogP contribution in [-0.4, -0.2) is 30.3 Å². The standard InChI is InChI=1S/C24H20Cl2N2O5/c25-16-5-2-6-17(21(16)26)27-18(29)11-33-24(32)14-3-1-4-15(10-14)28-22(30)19-12-7-8-13(9-12)20(19)23(28)31/h1-6,10,12-13,19-20H,7-9,11H2,(H,27,29)/t12-,13-,19-,20-/m0/s1. The number of esters is 1. The third-order valence-electron chi connectivity index (χ3n) is 6.83. The molecule has 1 N–H and O–H groups in total. The summed E-state index contributed by atoms with van der Waals surface area (Å²) in [6, 6.07) is 11.0. The normalized spacial score (nSPS) is 25.3. The number of imide groups is 1. The smallest absolute Gasteiger partial charge is 0.338 e. The molecular formula is C24H20Cl2N2O5. The van der Waals surface area contributed by atoms with Crippen molar-refractivity contribution in [2.24, 2.45) is 23.7 Å². The van der Waals surface area contributed by atoms with Crippen molar-refractivity contribution in [2.45, 2.75) is 19.3 Å². The summed E-state index contributed by atoms with van der Waals surface area (Å²) in [6.07, 6.45) is 2.94. The highest BCUT2D eigenvalue weighted by molar-refractivity contribution is 6.44. The van der Waals surface area contributed by atoms with Gasteiger partial charge in [-0.3, -0.25) is 19.3 Å². The van der Waals surface area contributed by atoms with Crippen molar-refractivity contribution in [2.75, 3.05) is 16.8 Å². The molecule has 3 aliphatic rings. The number of rotatable bonds is 5. The molecule has 0 unspecified atom stereocenters. The van der Waals surface area contributed by atoms with E-state index >= 15 is 0 Å². The first-order valence-electron chi connectivity index (χ1n) is 10.7. The summed E-state index contributed by atoms with van der Waals surface area (Å²) in [5.74, 6) is -1.62. The van der Waals surface area contributed by atoms with Gasteiger partial charge in [0.15, 0.2) is 6.61 Å². The fourth-order valence-electron chi connectivity index (χ4n) is 5.44. The summed E-state index contributed by atoms with van der Waals surface area (Å²) < 4.78 is 5.11. The Kier molecular flexibility index (Phi) is 5.62. The molecule has 7 nitrogen and oxygen atoms in total. The molecule has 2 bridgehead atoms. The Hall–Kier alpha value is -2.90. The number of carbonyl (C=O) groups is 4. The van der Waals surface area contributed by atoms with Crippen molar-refractivity contribution in [3.63, 3.8) is 0 Å². The summed E-state index contributed by atoms with van der Waals surface area (Å²) in [5.41, 5.74) is 0.794. The van der Waals surface area contributed by atoms with Crippen molar-refractivity contribution in [3.05, 3.63) is 58.1 Å². The lowest BCUT2D eigenvalue weighted by Gasteiger charge is -2.19. The third kappa shape index (κ3) is 3.79. The van der Waals surface area contributed by atoms with Gasteiger partial charge in [0.1, 0.15) is 0 Å². The molecule has 2 aromatic carbocycles. The average Bonchev–Trinajstić information content (AvgIpc) is 3.49. The van der Waals surface area contributed by atoms with Gasteiger partial charge in [0, 0.05) is 0 Å². The van der Waals surface area contributed by atoms with Gasteiger partial charge in [0.2, 0.25) is 11.8 Å². The lowest BCUT2D eigenvalue weighted by Crippen LogP contribution is -2.32. The van der Waals surface area contributed by atoms with E-state index in [2.05, 4.69) is 5.32 Å². The predicted octanol–water partition coefficient (Wildman–Crippen LogP) is 4.32. The van der Waals surface area contributed by atoms with E-state index in [4.69, 9.17) is 27.9 Å². The van der Waals surface area contributed by atoms with Gasteiger partial charge in [-0.05, 0) is 61.4 Å². The van der Waals surface area contributed by atoms with Gasteiger partial charge in [-0.2, -0.15) is 0 Å². The van der Waals surface area contributed by atoms with Gasteiger partial charge in [-0.1, -0.05) is 35.3 Å². The van der Waals surface area contributed by atoms with E-state index in [0.717, 1.165) is 19.3 Å². The number of fused-ring (bicyclic) bond motifs is 5. The molecule has 3 amide bonds. The van der Waals surface area contributed by atoms with Crippen LogP contribution in [0, 0.1) is 23.7 Å². The number of halogens is 2. The summed E-state index contributed by atoms with van der Waals surface area (Å²) in [6.45, 7) is -0.541. The van der Waals surface area contributed by atoms with Crippen LogP contribution in [0.5, 0.6) is 0 Å². The molecule has 1 heterocycles. The fraction of sp³-hybridized carbons (Fsp3) is 0.333. The molecule has 0 radical (unpaired) electrons. The molecule has 4 atom stereocenters. The minimum atomic E-state index is -0.747. The summed E-state index contributed by atoms with van der Waals surface area (Å²) in [4.78, 5) is 52.0. The second-order valence-corrected chi connectivity index (χ2v) is 9.46. The van der Waals surface area contributed by atoms with E-state index in [1.54, 1.807) is 30.3 Å². The van der Waals surface area contributed by atoms with Crippen LogP contribution < -0.4 is 10.2 Å². The molecule has 2 saturated carbocycles. The number of hydrogen-bond donors (Lipinski definition) is 1. The van der Waals surface area contributed by atoms with Gasteiger partial charge in [-0.25, -0.2) is 4.79 Å². The molecular weight excluding hydrogens is 467 g/mol. The first-order valence-corrected chi connectivity index (χ1v) is 11.5. The predicted molar refractivity (Wildman–Crippen MR) is 122 cm³/mol. The second kappa shape index (κ2) is 8.47. The van der Waals surface area contributed by atoms with E-state index in [-0.39, 0.29) is 51.1 Å². The number of anilines is 2. The Labute approximate surface area is 200 Å². The minimum absolute atomic E-state index is 0.140. The Balaban J connectivity index is 1.25. The molecule has 170 valence electrons. The molecule has 1 saturated heterocycles. The molecule has 3 fully saturated rings. The molecule has 0 spiro atoms. The summed E-state index contributed by atoms with van der Waals surface area (Å²) in [7, 11) is 0. The molecule has 1 aliphatic heterocycles. The summed E-state index contributed by atoms with van der Waals surface area (Å²) >= 11 is 12.0. The maximum absolute atomic E-state index is 13.0. The van der Waals surface area contributed by atoms with Crippen LogP contribution in [-0.2, 0) is 19.1 Å². The zero-order valence-electron chi connectivity index (χ0n) is 17.4. The van der Waals surface area contributed by atoms with Crippen LogP contribution in [0.1, 0.15) is 29.6 Å². The number of ether oxygens (including phenoxy) is 1. The van der Waals surface area contributed by atoms with E-state index < -0.39 is 18.5 Å². The SMILES string of the molecule is O=C(COC(=O)c1cccc(N2C(=O)[C@H]3[C@H]4CC[C@@H](C4)[C@@H]3C2=O)c1)Nc1cccc(Cl)c1Cl. The number of nitrogens with zero attached hydrogens (tertiary/aromatic N) is 1. The first-order chi connectivity index (χ1) is 15.8. The largest absolute Gasteiger partial charge is 0.452 e. The quantitative estimate of drug-likeness (QED) is 0.501. The van der Waals surface area contributed by atoms with Crippen molar-refractivity contribution in [3.8, 4) is 0 Å². The number of carbonyl (C=O) groups excluding carboxylic acids is 4. The number of benzene rings is 2. The van der Waals surface area contributed by atoms with E-state index in [9.17, 15) is 19.2 Å². The lowest BCUT2D eigenvalue weighted by atomic mass is 9.81. The number of hydrogen-bond acceptors (Lipinski definition) is 5. The number of amides is 3. The highest BCUT2D eigenvalue weighted by Gasteiger charge is 2.61. The highest BCUT2D eigenvalue weighted by atomic mass is 35.5. The monoisotopic (exact) mass is 486 g/mol. The average molecular weight is 487 g/mol. The lowest BCUT2D eigenvalue weighted by molar-refractivity contribution is -0.123. The molecule has 9 heteroatoms. The van der Waals surface area contributed by atoms with Gasteiger partial charge < -0.3 is 10.1 Å². The highest BCUT2D eigenvalue weighted by Crippen LogP contribution is 2.56. The van der Waals surface area contributed by atoms with E-state index in [1.165, 1.54) is 17.0 Å². The van der Waals surface area contributed by atoms with Gasteiger partial charge >= 0.3 is 5.97 Å². The van der Waals surface area contributed by atoms with E-state index in [0.29, 0.717) is 11.4 Å².